The third-order valence-electron chi connectivity index (χ3n) is 12.7. The second kappa shape index (κ2) is 18.4. The highest BCUT2D eigenvalue weighted by molar-refractivity contribution is 6.39. The van der Waals surface area contributed by atoms with Crippen molar-refractivity contribution < 1.29 is 36.6 Å². The second-order valence-electron chi connectivity index (χ2n) is 17.7. The first kappa shape index (κ1) is 47.8. The van der Waals surface area contributed by atoms with Crippen molar-refractivity contribution in [2.75, 3.05) is 0 Å². The Bertz CT molecular complexity index is 3580. The summed E-state index contributed by atoms with van der Waals surface area (Å²) in [4.78, 5) is 49.9. The van der Waals surface area contributed by atoms with E-state index < -0.39 is 40.1 Å². The lowest BCUT2D eigenvalue weighted by molar-refractivity contribution is -0.137. The zero-order valence-corrected chi connectivity index (χ0v) is 39.9. The standard InChI is InChI=1S/C29H22ClF3N6O3.C22H20ClN5O2/c1-15-37-26(42-38-15)23-22(30)19-4-2-3-5-21(19)39(23)18-8-6-16(7-9-18)13-36-27(41)28(10-11-28)24-20(25(34)40)12-17(14-35-24)29(31,32)33;1-13-26-20(30-27-13)19-18(23)16-4-2-3-5-17(16)28(19)15-8-6-14(7-9-15)12-25-21(29)22(24)10-11-22/h2-9,12,14H,10-11,13H2,1H3,(H2,34,40)(H,36,41);2-9H,10-12,24H2,1H3,(H,25,29). The molecule has 0 bridgehead atoms. The molecule has 0 saturated heterocycles. The minimum Gasteiger partial charge on any atom is -0.366 e. The largest absolute Gasteiger partial charge is 0.417 e. The number of aryl methyl sites for hydroxylation is 2. The number of nitrogens with zero attached hydrogens (tertiary/aromatic N) is 7. The van der Waals surface area contributed by atoms with Crippen LogP contribution in [0.2, 0.25) is 10.0 Å². The molecule has 0 atom stereocenters. The van der Waals surface area contributed by atoms with Gasteiger partial charge >= 0.3 is 6.18 Å². The number of rotatable bonds is 12. The van der Waals surface area contributed by atoms with Crippen LogP contribution in [-0.4, -0.2) is 57.7 Å². The van der Waals surface area contributed by atoms with Crippen molar-refractivity contribution in [2.24, 2.45) is 11.5 Å². The van der Waals surface area contributed by atoms with E-state index in [0.717, 1.165) is 57.1 Å². The number of carbonyl (C=O) groups is 3. The van der Waals surface area contributed by atoms with Crippen LogP contribution >= 0.6 is 23.2 Å². The predicted molar refractivity (Wildman–Crippen MR) is 261 cm³/mol. The number of nitrogens with one attached hydrogen (secondary N) is 2. The number of alkyl halides is 3. The van der Waals surface area contributed by atoms with Crippen molar-refractivity contribution in [1.82, 2.24) is 45.0 Å². The van der Waals surface area contributed by atoms with E-state index in [9.17, 15) is 27.6 Å². The van der Waals surface area contributed by atoms with Crippen molar-refractivity contribution in [3.8, 4) is 34.5 Å². The number of hydrogen-bond donors (Lipinski definition) is 4. The fourth-order valence-electron chi connectivity index (χ4n) is 8.59. The quantitative estimate of drug-likeness (QED) is 0.0902. The van der Waals surface area contributed by atoms with E-state index in [1.54, 1.807) is 13.8 Å². The highest BCUT2D eigenvalue weighted by Gasteiger charge is 2.54. The van der Waals surface area contributed by atoms with Crippen LogP contribution in [0.25, 0.3) is 56.3 Å². The Morgan fingerprint density at radius 1 is 0.694 bits per heavy atom. The summed E-state index contributed by atoms with van der Waals surface area (Å²) in [6.45, 7) is 4.05. The van der Waals surface area contributed by atoms with Gasteiger partial charge in [0.05, 0.1) is 48.9 Å². The number of pyridine rings is 1. The minimum atomic E-state index is -4.70. The van der Waals surface area contributed by atoms with Gasteiger partial charge in [-0.15, -0.1) is 0 Å². The summed E-state index contributed by atoms with van der Waals surface area (Å²) < 4.78 is 54.3. The zero-order chi connectivity index (χ0) is 50.7. The Labute approximate surface area is 417 Å². The van der Waals surface area contributed by atoms with Gasteiger partial charge in [-0.05, 0) is 93.1 Å². The zero-order valence-electron chi connectivity index (χ0n) is 38.4. The van der Waals surface area contributed by atoms with Crippen LogP contribution in [-0.2, 0) is 34.3 Å². The Morgan fingerprint density at radius 2 is 1.15 bits per heavy atom. The molecule has 16 nitrogen and oxygen atoms in total. The third-order valence-corrected chi connectivity index (χ3v) is 13.5. The van der Waals surface area contributed by atoms with Crippen molar-refractivity contribution >= 4 is 62.7 Å². The molecule has 5 heterocycles. The number of para-hydroxylation sites is 2. The van der Waals surface area contributed by atoms with Gasteiger partial charge in [0, 0.05) is 41.4 Å². The monoisotopic (exact) mass is 1020 g/mol. The molecule has 0 spiro atoms. The maximum Gasteiger partial charge on any atom is 0.417 e. The lowest BCUT2D eigenvalue weighted by atomic mass is 9.94. The number of aromatic nitrogens is 7. The van der Waals surface area contributed by atoms with Crippen LogP contribution < -0.4 is 22.1 Å². The molecule has 3 amide bonds. The number of benzene rings is 4. The molecule has 9 aromatic rings. The van der Waals surface area contributed by atoms with Gasteiger partial charge in [0.25, 0.3) is 17.7 Å². The van der Waals surface area contributed by atoms with Gasteiger partial charge < -0.3 is 40.3 Å². The molecule has 11 rings (SSSR count). The first-order valence-corrected chi connectivity index (χ1v) is 23.3. The summed E-state index contributed by atoms with van der Waals surface area (Å²) in [7, 11) is 0. The number of amides is 3. The molecular formula is C51H42Cl2F3N11O5. The molecule has 366 valence electrons. The van der Waals surface area contributed by atoms with Crippen LogP contribution in [0.3, 0.4) is 0 Å². The molecule has 21 heteroatoms. The highest BCUT2D eigenvalue weighted by Crippen LogP contribution is 2.49. The normalized spacial score (nSPS) is 14.4. The summed E-state index contributed by atoms with van der Waals surface area (Å²) in [5.74, 6) is 0.0205. The third kappa shape index (κ3) is 8.94. The van der Waals surface area contributed by atoms with E-state index in [1.165, 1.54) is 0 Å². The molecule has 5 aromatic heterocycles. The number of nitrogens with two attached hydrogens (primary N) is 2. The number of carbonyl (C=O) groups excluding carboxylic acids is 3. The lowest BCUT2D eigenvalue weighted by Crippen LogP contribution is -2.42. The second-order valence-corrected chi connectivity index (χ2v) is 18.5. The minimum absolute atomic E-state index is 0.0454. The van der Waals surface area contributed by atoms with Crippen molar-refractivity contribution in [1.29, 1.82) is 0 Å². The van der Waals surface area contributed by atoms with E-state index in [4.69, 9.17) is 43.7 Å². The highest BCUT2D eigenvalue weighted by atomic mass is 35.5. The first-order valence-electron chi connectivity index (χ1n) is 22.6. The maximum absolute atomic E-state index is 13.2. The van der Waals surface area contributed by atoms with Crippen LogP contribution in [0, 0.1) is 13.8 Å². The number of halogens is 5. The Morgan fingerprint density at radius 3 is 1.56 bits per heavy atom. The topological polar surface area (TPSA) is 228 Å². The van der Waals surface area contributed by atoms with Crippen LogP contribution in [0.5, 0.6) is 0 Å². The van der Waals surface area contributed by atoms with Crippen molar-refractivity contribution in [3.05, 3.63) is 159 Å². The fourth-order valence-corrected chi connectivity index (χ4v) is 9.24. The Balaban J connectivity index is 0.000000175. The van der Waals surface area contributed by atoms with E-state index >= 15 is 0 Å². The summed E-state index contributed by atoms with van der Waals surface area (Å²) in [5, 5.41) is 16.3. The number of fused-ring (bicyclic) bond motifs is 2. The van der Waals surface area contributed by atoms with Crippen molar-refractivity contribution in [3.63, 3.8) is 0 Å². The summed E-state index contributed by atoms with van der Waals surface area (Å²) in [6, 6.07) is 31.4. The molecule has 2 aliphatic rings. The first-order chi connectivity index (χ1) is 34.5. The van der Waals surface area contributed by atoms with Gasteiger partial charge in [0.15, 0.2) is 11.6 Å². The maximum atomic E-state index is 13.2. The van der Waals surface area contributed by atoms with Gasteiger partial charge in [-0.2, -0.15) is 23.1 Å². The van der Waals surface area contributed by atoms with Crippen molar-refractivity contribution in [2.45, 2.75) is 69.8 Å². The SMILES string of the molecule is Cc1noc(-c2c(Cl)c3ccccc3n2-c2ccc(CNC(=O)C3(N)CC3)cc2)n1.Cc1noc(-c2c(Cl)c3ccccc3n2-c2ccc(CNC(=O)C3(c4ncc(C(F)(F)F)cc4C(N)=O)CC3)cc2)n1. The van der Waals surface area contributed by atoms with E-state index in [1.807, 2.05) is 106 Å². The smallest absolute Gasteiger partial charge is 0.366 e. The molecule has 0 aliphatic heterocycles. The molecule has 2 saturated carbocycles. The molecule has 2 aliphatic carbocycles. The number of primary amides is 1. The van der Waals surface area contributed by atoms with E-state index in [0.29, 0.717) is 70.6 Å². The Hall–Kier alpha value is -7.87. The molecular weight excluding hydrogens is 975 g/mol. The Kier molecular flexibility index (Phi) is 12.2. The van der Waals surface area contributed by atoms with Gasteiger partial charge in [-0.1, -0.05) is 94.2 Å². The average Bonchev–Trinajstić information content (AvgIpc) is 4.17. The van der Waals surface area contributed by atoms with Crippen LogP contribution in [0.15, 0.2) is 118 Å². The molecule has 4 aromatic carbocycles. The summed E-state index contributed by atoms with van der Waals surface area (Å²) >= 11 is 13.5. The molecule has 6 N–H and O–H groups in total. The molecule has 72 heavy (non-hydrogen) atoms. The summed E-state index contributed by atoms with van der Waals surface area (Å²) in [6.07, 6.45) is -1.93. The van der Waals surface area contributed by atoms with E-state index in [2.05, 4.69) is 35.9 Å². The fraction of sp³-hybridized carbons (Fsp3) is 0.216. The van der Waals surface area contributed by atoms with Crippen LogP contribution in [0.4, 0.5) is 13.2 Å². The predicted octanol–water partition coefficient (Wildman–Crippen LogP) is 9.25. The summed E-state index contributed by atoms with van der Waals surface area (Å²) in [5.41, 5.74) is 14.2. The van der Waals surface area contributed by atoms with Gasteiger partial charge in [-0.3, -0.25) is 19.4 Å². The average molecular weight is 1020 g/mol. The molecule has 0 radical (unpaired) electrons. The van der Waals surface area contributed by atoms with Crippen LogP contribution in [0.1, 0.15) is 70.1 Å². The molecule has 2 fully saturated rings. The number of hydrogen-bond acceptors (Lipinski definition) is 11. The lowest BCUT2D eigenvalue weighted by Gasteiger charge is -2.18. The van der Waals surface area contributed by atoms with E-state index in [-0.39, 0.29) is 24.0 Å². The van der Waals surface area contributed by atoms with Gasteiger partial charge in [0.1, 0.15) is 11.4 Å². The van der Waals surface area contributed by atoms with Gasteiger partial charge in [-0.25, -0.2) is 0 Å². The van der Waals surface area contributed by atoms with Gasteiger partial charge in [0.2, 0.25) is 11.8 Å². The molecule has 0 unspecified atom stereocenters.